The molecule has 2 amide bonds. The van der Waals surface area contributed by atoms with E-state index in [1.165, 1.54) is 6.42 Å². The second kappa shape index (κ2) is 7.17. The van der Waals surface area contributed by atoms with Crippen LogP contribution in [0.1, 0.15) is 31.1 Å². The highest BCUT2D eigenvalue weighted by Crippen LogP contribution is 2.36. The minimum atomic E-state index is -0.327. The van der Waals surface area contributed by atoms with Gasteiger partial charge in [0, 0.05) is 27.9 Å². The van der Waals surface area contributed by atoms with E-state index in [4.69, 9.17) is 16.1 Å². The van der Waals surface area contributed by atoms with E-state index in [-0.39, 0.29) is 6.03 Å². The summed E-state index contributed by atoms with van der Waals surface area (Å²) >= 11 is 5.83. The number of halogens is 1. The number of benzene rings is 2. The monoisotopic (exact) mass is 368 g/mol. The number of hydrogen-bond donors (Lipinski definition) is 2. The Bertz CT molecular complexity index is 902. The van der Waals surface area contributed by atoms with Crippen LogP contribution in [0.3, 0.4) is 0 Å². The van der Waals surface area contributed by atoms with Crippen LogP contribution in [0, 0.1) is 0 Å². The topological polar surface area (TPSA) is 80.0 Å². The van der Waals surface area contributed by atoms with Gasteiger partial charge in [-0.1, -0.05) is 23.2 Å². The molecule has 1 aliphatic carbocycles. The molecule has 0 bridgehead atoms. The first kappa shape index (κ1) is 16.6. The highest BCUT2D eigenvalue weighted by Gasteiger charge is 2.25. The fourth-order valence-corrected chi connectivity index (χ4v) is 2.83. The summed E-state index contributed by atoms with van der Waals surface area (Å²) in [4.78, 5) is 16.5. The maximum Gasteiger partial charge on any atom is 0.323 e. The minimum Gasteiger partial charge on any atom is -0.339 e. The Hall–Kier alpha value is -2.86. The van der Waals surface area contributed by atoms with Crippen LogP contribution in [0.4, 0.5) is 16.2 Å². The van der Waals surface area contributed by atoms with Crippen molar-refractivity contribution in [3.8, 4) is 11.4 Å². The van der Waals surface area contributed by atoms with E-state index >= 15 is 0 Å². The van der Waals surface area contributed by atoms with Crippen LogP contribution >= 0.6 is 11.6 Å². The summed E-state index contributed by atoms with van der Waals surface area (Å²) < 4.78 is 5.34. The molecule has 0 spiro atoms. The second-order valence-electron chi connectivity index (χ2n) is 6.25. The number of carbonyl (C=O) groups excluding carboxylic acids is 1. The van der Waals surface area contributed by atoms with E-state index in [0.717, 1.165) is 24.3 Å². The molecular formula is C19H17ClN4O2. The van der Waals surface area contributed by atoms with E-state index in [1.54, 1.807) is 36.4 Å². The lowest BCUT2D eigenvalue weighted by atomic mass is 9.85. The fraction of sp³-hybridized carbons (Fsp3) is 0.211. The summed E-state index contributed by atoms with van der Waals surface area (Å²) in [5.74, 6) is 1.70. The van der Waals surface area contributed by atoms with Crippen molar-refractivity contribution >= 4 is 29.0 Å². The highest BCUT2D eigenvalue weighted by atomic mass is 35.5. The lowest BCUT2D eigenvalue weighted by molar-refractivity contribution is 0.262. The Balaban J connectivity index is 1.38. The molecule has 6 nitrogen and oxygen atoms in total. The molecule has 0 unspecified atom stereocenters. The normalized spacial score (nSPS) is 13.9. The number of anilines is 2. The van der Waals surface area contributed by atoms with Crippen molar-refractivity contribution in [1.82, 2.24) is 10.1 Å². The summed E-state index contributed by atoms with van der Waals surface area (Å²) in [5.41, 5.74) is 2.18. The molecule has 1 saturated carbocycles. The van der Waals surface area contributed by atoms with Crippen molar-refractivity contribution in [2.24, 2.45) is 0 Å². The van der Waals surface area contributed by atoms with Crippen molar-refractivity contribution < 1.29 is 9.32 Å². The summed E-state index contributed by atoms with van der Waals surface area (Å²) in [5, 5.41) is 10.2. The molecule has 7 heteroatoms. The Morgan fingerprint density at radius 3 is 2.19 bits per heavy atom. The molecule has 1 aromatic heterocycles. The lowest BCUT2D eigenvalue weighted by Gasteiger charge is -2.20. The van der Waals surface area contributed by atoms with Gasteiger partial charge >= 0.3 is 6.03 Å². The molecule has 0 atom stereocenters. The highest BCUT2D eigenvalue weighted by molar-refractivity contribution is 6.30. The molecule has 26 heavy (non-hydrogen) atoms. The van der Waals surface area contributed by atoms with E-state index < -0.39 is 0 Å². The third-order valence-electron chi connectivity index (χ3n) is 4.40. The predicted octanol–water partition coefficient (Wildman–Crippen LogP) is 5.30. The predicted molar refractivity (Wildman–Crippen MR) is 100 cm³/mol. The average molecular weight is 369 g/mol. The Morgan fingerprint density at radius 2 is 1.62 bits per heavy atom. The first-order chi connectivity index (χ1) is 12.7. The summed E-state index contributed by atoms with van der Waals surface area (Å²) in [6.07, 6.45) is 3.46. The molecule has 0 radical (unpaired) electrons. The minimum absolute atomic E-state index is 0.327. The molecule has 2 N–H and O–H groups in total. The van der Waals surface area contributed by atoms with Gasteiger partial charge in [0.25, 0.3) is 0 Å². The van der Waals surface area contributed by atoms with Gasteiger partial charge < -0.3 is 15.2 Å². The van der Waals surface area contributed by atoms with Gasteiger partial charge in [-0.3, -0.25) is 0 Å². The molecule has 0 aliphatic heterocycles. The van der Waals surface area contributed by atoms with Crippen LogP contribution in [-0.2, 0) is 0 Å². The van der Waals surface area contributed by atoms with E-state index in [0.29, 0.717) is 28.1 Å². The van der Waals surface area contributed by atoms with Gasteiger partial charge in [-0.2, -0.15) is 4.98 Å². The molecule has 0 saturated heterocycles. The zero-order chi connectivity index (χ0) is 17.9. The fourth-order valence-electron chi connectivity index (χ4n) is 2.70. The zero-order valence-corrected chi connectivity index (χ0v) is 14.7. The van der Waals surface area contributed by atoms with Crippen LogP contribution in [0.5, 0.6) is 0 Å². The van der Waals surface area contributed by atoms with Gasteiger partial charge in [-0.15, -0.1) is 0 Å². The SMILES string of the molecule is O=C(Nc1ccc(Cl)cc1)Nc1ccc(-c2noc(C3CCC3)n2)cc1. The van der Waals surface area contributed by atoms with E-state index in [9.17, 15) is 4.79 Å². The molecule has 4 rings (SSSR count). The van der Waals surface area contributed by atoms with Gasteiger partial charge in [0.15, 0.2) is 0 Å². The Labute approximate surface area is 155 Å². The maximum atomic E-state index is 12.0. The van der Waals surface area contributed by atoms with Crippen molar-refractivity contribution in [3.63, 3.8) is 0 Å². The first-order valence-corrected chi connectivity index (χ1v) is 8.83. The van der Waals surface area contributed by atoms with Gasteiger partial charge in [0.2, 0.25) is 11.7 Å². The van der Waals surface area contributed by atoms with Gasteiger partial charge in [0.05, 0.1) is 0 Å². The second-order valence-corrected chi connectivity index (χ2v) is 6.68. The third kappa shape index (κ3) is 3.70. The number of rotatable bonds is 4. The maximum absolute atomic E-state index is 12.0. The molecule has 132 valence electrons. The Morgan fingerprint density at radius 1 is 1.00 bits per heavy atom. The number of nitrogens with one attached hydrogen (secondary N) is 2. The van der Waals surface area contributed by atoms with Crippen molar-refractivity contribution in [2.75, 3.05) is 10.6 Å². The zero-order valence-electron chi connectivity index (χ0n) is 13.9. The number of urea groups is 1. The van der Waals surface area contributed by atoms with Crippen LogP contribution in [-0.4, -0.2) is 16.2 Å². The van der Waals surface area contributed by atoms with Crippen molar-refractivity contribution in [3.05, 3.63) is 59.4 Å². The number of hydrogen-bond acceptors (Lipinski definition) is 4. The molecule has 2 aromatic carbocycles. The summed E-state index contributed by atoms with van der Waals surface area (Å²) in [6, 6.07) is 13.9. The van der Waals surface area contributed by atoms with Crippen LogP contribution in [0.15, 0.2) is 53.1 Å². The largest absolute Gasteiger partial charge is 0.339 e. The van der Waals surface area contributed by atoms with Crippen LogP contribution < -0.4 is 10.6 Å². The molecule has 1 aliphatic rings. The molecular weight excluding hydrogens is 352 g/mol. The molecule has 3 aromatic rings. The summed E-state index contributed by atoms with van der Waals surface area (Å²) in [7, 11) is 0. The molecule has 1 fully saturated rings. The van der Waals surface area contributed by atoms with Crippen LogP contribution in [0.2, 0.25) is 5.02 Å². The quantitative estimate of drug-likeness (QED) is 0.654. The van der Waals surface area contributed by atoms with Crippen LogP contribution in [0.25, 0.3) is 11.4 Å². The lowest BCUT2D eigenvalue weighted by Crippen LogP contribution is -2.19. The smallest absolute Gasteiger partial charge is 0.323 e. The van der Waals surface area contributed by atoms with Gasteiger partial charge in [-0.05, 0) is 61.4 Å². The first-order valence-electron chi connectivity index (χ1n) is 8.45. The molecule has 1 heterocycles. The summed E-state index contributed by atoms with van der Waals surface area (Å²) in [6.45, 7) is 0. The van der Waals surface area contributed by atoms with Gasteiger partial charge in [-0.25, -0.2) is 4.79 Å². The van der Waals surface area contributed by atoms with E-state index in [2.05, 4.69) is 20.8 Å². The number of carbonyl (C=O) groups is 1. The number of aromatic nitrogens is 2. The van der Waals surface area contributed by atoms with Crippen molar-refractivity contribution in [2.45, 2.75) is 25.2 Å². The standard InChI is InChI=1S/C19H17ClN4O2/c20-14-6-10-16(11-7-14)22-19(25)21-15-8-4-12(5-9-15)17-23-18(26-24-17)13-2-1-3-13/h4-11,13H,1-3H2,(H2,21,22,25). The Kier molecular flexibility index (Phi) is 4.58. The van der Waals surface area contributed by atoms with Crippen molar-refractivity contribution in [1.29, 1.82) is 0 Å². The van der Waals surface area contributed by atoms with E-state index in [1.807, 2.05) is 12.1 Å². The average Bonchev–Trinajstić information content (AvgIpc) is 3.05. The third-order valence-corrected chi connectivity index (χ3v) is 4.65. The number of nitrogens with zero attached hydrogens (tertiary/aromatic N) is 2. The number of amides is 2. The van der Waals surface area contributed by atoms with Gasteiger partial charge in [0.1, 0.15) is 0 Å².